The van der Waals surface area contributed by atoms with Crippen LogP contribution in [0.2, 0.25) is 0 Å². The molecule has 0 aliphatic carbocycles. The molecule has 1 aliphatic heterocycles. The molecule has 0 N–H and O–H groups in total. The Morgan fingerprint density at radius 3 is 2.50 bits per heavy atom. The van der Waals surface area contributed by atoms with Crippen molar-refractivity contribution in [2.24, 2.45) is 0 Å². The summed E-state index contributed by atoms with van der Waals surface area (Å²) in [5.74, 6) is -1.89. The highest BCUT2D eigenvalue weighted by Crippen LogP contribution is 2.32. The topological polar surface area (TPSA) is 83.1 Å². The van der Waals surface area contributed by atoms with Crippen LogP contribution in [0.3, 0.4) is 0 Å². The first-order valence-electron chi connectivity index (χ1n) is 12.6. The van der Waals surface area contributed by atoms with Gasteiger partial charge in [0.05, 0.1) is 22.8 Å². The first-order chi connectivity index (χ1) is 18.2. The predicted molar refractivity (Wildman–Crippen MR) is 144 cm³/mol. The van der Waals surface area contributed by atoms with Crippen LogP contribution in [0, 0.1) is 11.6 Å². The molecule has 3 aromatic rings. The van der Waals surface area contributed by atoms with Crippen molar-refractivity contribution in [1.82, 2.24) is 14.2 Å². The van der Waals surface area contributed by atoms with Crippen molar-refractivity contribution < 1.29 is 26.7 Å². The Kier molecular flexibility index (Phi) is 9.42. The molecule has 12 heteroatoms. The lowest BCUT2D eigenvalue weighted by molar-refractivity contribution is 0.0376. The van der Waals surface area contributed by atoms with Gasteiger partial charge >= 0.3 is 0 Å². The average molecular weight is 567 g/mol. The van der Waals surface area contributed by atoms with E-state index in [0.29, 0.717) is 37.4 Å². The Balaban J connectivity index is 1.58. The fourth-order valence-corrected chi connectivity index (χ4v) is 6.47. The van der Waals surface area contributed by atoms with E-state index in [1.165, 1.54) is 46.6 Å². The number of hydrogen-bond acceptors (Lipinski definition) is 7. The molecule has 1 saturated heterocycles. The summed E-state index contributed by atoms with van der Waals surface area (Å²) in [5, 5.41) is 0.257. The summed E-state index contributed by atoms with van der Waals surface area (Å²) in [4.78, 5) is 21.7. The van der Waals surface area contributed by atoms with Crippen LogP contribution < -0.4 is 4.90 Å². The van der Waals surface area contributed by atoms with E-state index >= 15 is 0 Å². The molecule has 8 nitrogen and oxygen atoms in total. The van der Waals surface area contributed by atoms with E-state index in [-0.39, 0.29) is 21.1 Å². The molecular formula is C26H32F2N4O4S2. The largest absolute Gasteiger partial charge is 0.379 e. The Morgan fingerprint density at radius 2 is 1.82 bits per heavy atom. The summed E-state index contributed by atoms with van der Waals surface area (Å²) < 4.78 is 60.9. The number of benzene rings is 2. The standard InChI is InChI=1S/C26H32F2N4O4S2/c1-3-4-10-30(2)38(34,35)21-8-6-19(7-9-21)25(33)32(12-5-11-31-13-15-36-16-14-31)26-29-24-22(28)17-20(27)18-23(24)37-26/h6-9,17-18H,3-5,10-16H2,1-2H3. The molecule has 0 unspecified atom stereocenters. The molecule has 38 heavy (non-hydrogen) atoms. The number of sulfonamides is 1. The number of nitrogens with zero attached hydrogens (tertiary/aromatic N) is 4. The summed E-state index contributed by atoms with van der Waals surface area (Å²) in [6.45, 7) is 6.38. The Labute approximate surface area is 225 Å². The smallest absolute Gasteiger partial charge is 0.260 e. The third-order valence-corrected chi connectivity index (χ3v) is 9.37. The predicted octanol–water partition coefficient (Wildman–Crippen LogP) is 4.36. The third-order valence-electron chi connectivity index (χ3n) is 6.47. The molecule has 206 valence electrons. The van der Waals surface area contributed by atoms with Gasteiger partial charge in [0.15, 0.2) is 10.9 Å². The number of halogens is 2. The monoisotopic (exact) mass is 566 g/mol. The maximum atomic E-state index is 14.4. The fraction of sp³-hybridized carbons (Fsp3) is 0.462. The maximum absolute atomic E-state index is 14.4. The number of aromatic nitrogens is 1. The normalized spacial score (nSPS) is 14.9. The number of unbranched alkanes of at least 4 members (excludes halogenated alkanes) is 1. The number of thiazole rings is 1. The van der Waals surface area contributed by atoms with Crippen LogP contribution in [0.1, 0.15) is 36.5 Å². The summed E-state index contributed by atoms with van der Waals surface area (Å²) in [5.41, 5.74) is 0.284. The Bertz CT molecular complexity index is 1360. The number of carbonyl (C=O) groups is 1. The van der Waals surface area contributed by atoms with Crippen LogP contribution in [0.5, 0.6) is 0 Å². The highest BCUT2D eigenvalue weighted by atomic mass is 32.2. The van der Waals surface area contributed by atoms with Gasteiger partial charge in [0.1, 0.15) is 11.3 Å². The van der Waals surface area contributed by atoms with Crippen molar-refractivity contribution in [3.63, 3.8) is 0 Å². The lowest BCUT2D eigenvalue weighted by atomic mass is 10.2. The van der Waals surface area contributed by atoms with E-state index in [9.17, 15) is 22.0 Å². The Hall–Kier alpha value is -2.51. The van der Waals surface area contributed by atoms with Crippen LogP contribution in [-0.2, 0) is 14.8 Å². The van der Waals surface area contributed by atoms with E-state index in [1.807, 2.05) is 6.92 Å². The van der Waals surface area contributed by atoms with Crippen LogP contribution in [0.15, 0.2) is 41.3 Å². The van der Waals surface area contributed by atoms with Crippen molar-refractivity contribution in [3.8, 4) is 0 Å². The molecule has 1 fully saturated rings. The van der Waals surface area contributed by atoms with Gasteiger partial charge in [-0.2, -0.15) is 0 Å². The van der Waals surface area contributed by atoms with Crippen LogP contribution >= 0.6 is 11.3 Å². The third kappa shape index (κ3) is 6.55. The van der Waals surface area contributed by atoms with Gasteiger partial charge in [-0.15, -0.1) is 0 Å². The van der Waals surface area contributed by atoms with E-state index in [2.05, 4.69) is 9.88 Å². The number of carbonyl (C=O) groups excluding carboxylic acids is 1. The first-order valence-corrected chi connectivity index (χ1v) is 14.9. The number of rotatable bonds is 11. The van der Waals surface area contributed by atoms with Gasteiger partial charge in [0.25, 0.3) is 5.91 Å². The van der Waals surface area contributed by atoms with Crippen molar-refractivity contribution in [3.05, 3.63) is 53.6 Å². The van der Waals surface area contributed by atoms with Gasteiger partial charge in [0.2, 0.25) is 10.0 Å². The minimum atomic E-state index is -3.67. The lowest BCUT2D eigenvalue weighted by Crippen LogP contribution is -2.39. The lowest BCUT2D eigenvalue weighted by Gasteiger charge is -2.27. The molecule has 2 aromatic carbocycles. The van der Waals surface area contributed by atoms with E-state index in [0.717, 1.165) is 49.9 Å². The van der Waals surface area contributed by atoms with Crippen molar-refractivity contribution in [1.29, 1.82) is 0 Å². The van der Waals surface area contributed by atoms with Gasteiger partial charge in [0, 0.05) is 51.4 Å². The zero-order chi connectivity index (χ0) is 27.3. The number of amides is 1. The molecule has 4 rings (SSSR count). The maximum Gasteiger partial charge on any atom is 0.260 e. The Morgan fingerprint density at radius 1 is 1.11 bits per heavy atom. The summed E-state index contributed by atoms with van der Waals surface area (Å²) in [6, 6.07) is 7.77. The molecule has 0 bridgehead atoms. The molecule has 1 aromatic heterocycles. The quantitative estimate of drug-likeness (QED) is 0.343. The summed E-state index contributed by atoms with van der Waals surface area (Å²) in [6.07, 6.45) is 2.25. The van der Waals surface area contributed by atoms with Gasteiger partial charge in [-0.3, -0.25) is 14.6 Å². The molecule has 0 radical (unpaired) electrons. The molecule has 0 spiro atoms. The number of hydrogen-bond donors (Lipinski definition) is 0. The SMILES string of the molecule is CCCCN(C)S(=O)(=O)c1ccc(C(=O)N(CCCN2CCOCC2)c2nc3c(F)cc(F)cc3s2)cc1. The molecule has 1 aliphatic rings. The second kappa shape index (κ2) is 12.6. The number of anilines is 1. The van der Waals surface area contributed by atoms with Crippen molar-refractivity contribution in [2.75, 3.05) is 57.9 Å². The zero-order valence-corrected chi connectivity index (χ0v) is 23.2. The van der Waals surface area contributed by atoms with E-state index < -0.39 is 27.6 Å². The summed E-state index contributed by atoms with van der Waals surface area (Å²) >= 11 is 1.04. The first kappa shape index (κ1) is 28.5. The molecule has 2 heterocycles. The van der Waals surface area contributed by atoms with Gasteiger partial charge in [-0.05, 0) is 43.2 Å². The highest BCUT2D eigenvalue weighted by molar-refractivity contribution is 7.89. The second-order valence-electron chi connectivity index (χ2n) is 9.20. The summed E-state index contributed by atoms with van der Waals surface area (Å²) in [7, 11) is -2.14. The van der Waals surface area contributed by atoms with Crippen LogP contribution in [0.25, 0.3) is 10.2 Å². The van der Waals surface area contributed by atoms with Crippen LogP contribution in [-0.4, -0.2) is 81.5 Å². The van der Waals surface area contributed by atoms with E-state index in [1.54, 1.807) is 0 Å². The minimum absolute atomic E-state index is 0.00828. The minimum Gasteiger partial charge on any atom is -0.379 e. The van der Waals surface area contributed by atoms with E-state index in [4.69, 9.17) is 4.74 Å². The van der Waals surface area contributed by atoms with Crippen LogP contribution in [0.4, 0.5) is 13.9 Å². The van der Waals surface area contributed by atoms with Gasteiger partial charge in [-0.1, -0.05) is 24.7 Å². The number of morpholine rings is 1. The molecule has 1 amide bonds. The second-order valence-corrected chi connectivity index (χ2v) is 12.3. The van der Waals surface area contributed by atoms with Crippen molar-refractivity contribution in [2.45, 2.75) is 31.1 Å². The van der Waals surface area contributed by atoms with Gasteiger partial charge in [-0.25, -0.2) is 26.5 Å². The zero-order valence-electron chi connectivity index (χ0n) is 21.5. The molecule has 0 atom stereocenters. The fourth-order valence-electron chi connectivity index (χ4n) is 4.23. The number of ether oxygens (including phenoxy) is 1. The average Bonchev–Trinajstić information content (AvgIpc) is 3.34. The molecular weight excluding hydrogens is 534 g/mol. The molecule has 0 saturated carbocycles. The number of fused-ring (bicyclic) bond motifs is 1. The highest BCUT2D eigenvalue weighted by Gasteiger charge is 2.25. The van der Waals surface area contributed by atoms with Gasteiger partial charge < -0.3 is 4.74 Å². The van der Waals surface area contributed by atoms with Crippen molar-refractivity contribution >= 4 is 42.6 Å².